The number of fused-ring (bicyclic) bond motifs is 1. The summed E-state index contributed by atoms with van der Waals surface area (Å²) in [6.07, 6.45) is -3.04. The molecule has 7 nitrogen and oxygen atoms in total. The van der Waals surface area contributed by atoms with Gasteiger partial charge in [0.2, 0.25) is 0 Å². The van der Waals surface area contributed by atoms with Crippen LogP contribution in [-0.4, -0.2) is 35.2 Å². The number of phenolic OH excluding ortho intramolecular Hbond substituents is 1. The Morgan fingerprint density at radius 1 is 1.11 bits per heavy atom. The summed E-state index contributed by atoms with van der Waals surface area (Å²) < 4.78 is 67.6. The summed E-state index contributed by atoms with van der Waals surface area (Å²) in [6.45, 7) is 0. The molecule has 0 aliphatic carbocycles. The molecular weight excluding hydrogens is 529 g/mol. The Bertz CT molecular complexity index is 1640. The number of rotatable bonds is 6. The molecule has 4 aromatic rings. The van der Waals surface area contributed by atoms with Crippen LogP contribution in [-0.2, 0) is 34.5 Å². The Morgan fingerprint density at radius 3 is 2.46 bits per heavy atom. The highest BCUT2D eigenvalue weighted by molar-refractivity contribution is 7.91. The zero-order valence-corrected chi connectivity index (χ0v) is 20.7. The molecule has 1 atom stereocenters. The van der Waals surface area contributed by atoms with Crippen LogP contribution in [0.15, 0.2) is 65.0 Å². The van der Waals surface area contributed by atoms with Crippen LogP contribution in [0.3, 0.4) is 0 Å². The first kappa shape index (κ1) is 26.3. The fourth-order valence-corrected chi connectivity index (χ4v) is 6.09. The third-order valence-corrected chi connectivity index (χ3v) is 8.44. The number of aromatic nitrogens is 1. The van der Waals surface area contributed by atoms with E-state index in [-0.39, 0.29) is 16.4 Å². The van der Waals surface area contributed by atoms with E-state index in [9.17, 15) is 36.6 Å². The van der Waals surface area contributed by atoms with Crippen molar-refractivity contribution in [3.63, 3.8) is 0 Å². The first-order valence-corrected chi connectivity index (χ1v) is 13.0. The van der Waals surface area contributed by atoms with Crippen LogP contribution >= 0.6 is 11.3 Å². The molecule has 0 aliphatic heterocycles. The topological polar surface area (TPSA) is 109 Å². The summed E-state index contributed by atoms with van der Waals surface area (Å²) in [5.74, 6) is 3.94. The smallest absolute Gasteiger partial charge is 0.416 e. The molecule has 37 heavy (non-hydrogen) atoms. The van der Waals surface area contributed by atoms with Crippen LogP contribution in [0.1, 0.15) is 21.6 Å². The minimum Gasteiger partial charge on any atom is -0.507 e. The number of halogens is 3. The molecule has 0 radical (unpaired) electrons. The van der Waals surface area contributed by atoms with E-state index in [1.165, 1.54) is 30.3 Å². The van der Waals surface area contributed by atoms with E-state index in [1.807, 2.05) is 0 Å². The van der Waals surface area contributed by atoms with E-state index in [1.54, 1.807) is 29.9 Å². The lowest BCUT2D eigenvalue weighted by molar-refractivity contribution is -0.139. The van der Waals surface area contributed by atoms with Crippen molar-refractivity contribution in [3.8, 4) is 17.6 Å². The van der Waals surface area contributed by atoms with Crippen LogP contribution in [0.5, 0.6) is 5.75 Å². The predicted molar refractivity (Wildman–Crippen MR) is 132 cm³/mol. The molecule has 0 fully saturated rings. The number of alkyl halides is 3. The van der Waals surface area contributed by atoms with Crippen molar-refractivity contribution in [2.24, 2.45) is 7.05 Å². The minimum absolute atomic E-state index is 0.0467. The van der Waals surface area contributed by atoms with E-state index < -0.39 is 33.8 Å². The van der Waals surface area contributed by atoms with Crippen molar-refractivity contribution >= 4 is 38.2 Å². The molecule has 12 heteroatoms. The van der Waals surface area contributed by atoms with Crippen LogP contribution < -0.4 is 4.72 Å². The van der Waals surface area contributed by atoms with E-state index in [4.69, 9.17) is 0 Å². The fourth-order valence-electron chi connectivity index (χ4n) is 3.73. The summed E-state index contributed by atoms with van der Waals surface area (Å²) in [5, 5.41) is 20.4. The van der Waals surface area contributed by atoms with Gasteiger partial charge in [0, 0.05) is 30.6 Å². The molecule has 2 aromatic carbocycles. The Kier molecular flexibility index (Phi) is 7.05. The van der Waals surface area contributed by atoms with Gasteiger partial charge < -0.3 is 14.8 Å². The zero-order valence-electron chi connectivity index (χ0n) is 19.1. The average molecular weight is 549 g/mol. The standard InChI is InChI=1S/C25H19F3N2O5S2/c1-30-14-16(23-20(30)3-2-4-21(23)31)13-19(24(32)33)29-37(34,35)22-12-11-18(36-22)10-7-15-5-8-17(9-6-15)25(26,27)28/h2-6,8-9,11-12,14,19,29,31H,13H2,1H3,(H,32,33)/t19-/m1/s1. The number of nitrogens with zero attached hydrogens (tertiary/aromatic N) is 1. The number of nitrogens with one attached hydrogen (secondary N) is 1. The van der Waals surface area contributed by atoms with Crippen molar-refractivity contribution in [1.82, 2.24) is 9.29 Å². The predicted octanol–water partition coefficient (Wildman–Crippen LogP) is 4.34. The summed E-state index contributed by atoms with van der Waals surface area (Å²) in [7, 11) is -2.51. The lowest BCUT2D eigenvalue weighted by Gasteiger charge is -2.14. The number of aliphatic carboxylic acids is 1. The minimum atomic E-state index is -4.46. The highest BCUT2D eigenvalue weighted by atomic mass is 32.2. The number of carboxylic acid groups (broad SMARTS) is 1. The van der Waals surface area contributed by atoms with Gasteiger partial charge >= 0.3 is 12.1 Å². The van der Waals surface area contributed by atoms with E-state index in [2.05, 4.69) is 16.6 Å². The number of sulfonamides is 1. The number of aryl methyl sites for hydroxylation is 1. The first-order valence-electron chi connectivity index (χ1n) is 10.7. The molecule has 3 N–H and O–H groups in total. The number of hydrogen-bond acceptors (Lipinski definition) is 5. The summed E-state index contributed by atoms with van der Waals surface area (Å²) in [5.41, 5.74) is 0.630. The maximum absolute atomic E-state index is 12.9. The second-order valence-electron chi connectivity index (χ2n) is 8.10. The molecule has 2 aromatic heterocycles. The van der Waals surface area contributed by atoms with E-state index >= 15 is 0 Å². The van der Waals surface area contributed by atoms with Crippen molar-refractivity contribution in [1.29, 1.82) is 0 Å². The number of phenols is 1. The second kappa shape index (κ2) is 9.93. The molecule has 0 saturated heterocycles. The molecule has 0 unspecified atom stereocenters. The molecule has 0 bridgehead atoms. The number of hydrogen-bond donors (Lipinski definition) is 3. The van der Waals surface area contributed by atoms with Crippen molar-refractivity contribution in [2.75, 3.05) is 0 Å². The lowest BCUT2D eigenvalue weighted by Crippen LogP contribution is -2.42. The van der Waals surface area contributed by atoms with E-state index in [0.29, 0.717) is 26.9 Å². The van der Waals surface area contributed by atoms with Crippen LogP contribution in [0.25, 0.3) is 10.9 Å². The summed E-state index contributed by atoms with van der Waals surface area (Å²) in [6, 6.07) is 10.3. The average Bonchev–Trinajstić information content (AvgIpc) is 3.43. The Morgan fingerprint density at radius 2 is 1.81 bits per heavy atom. The molecule has 4 rings (SSSR count). The normalized spacial score (nSPS) is 12.8. The lowest BCUT2D eigenvalue weighted by atomic mass is 10.1. The summed E-state index contributed by atoms with van der Waals surface area (Å²) in [4.78, 5) is 12.2. The molecule has 0 amide bonds. The molecular formula is C25H19F3N2O5S2. The van der Waals surface area contributed by atoms with Gasteiger partial charge in [-0.1, -0.05) is 17.9 Å². The van der Waals surface area contributed by atoms with Crippen LogP contribution in [0, 0.1) is 11.8 Å². The van der Waals surface area contributed by atoms with Gasteiger partial charge in [0.1, 0.15) is 16.0 Å². The Hall–Kier alpha value is -3.79. The maximum atomic E-state index is 12.9. The van der Waals surface area contributed by atoms with Gasteiger partial charge in [-0.15, -0.1) is 11.3 Å². The number of thiophene rings is 1. The molecule has 0 spiro atoms. The Labute approximate surface area is 213 Å². The van der Waals surface area contributed by atoms with Crippen molar-refractivity contribution < 1.29 is 36.6 Å². The van der Waals surface area contributed by atoms with Crippen molar-refractivity contribution in [3.05, 3.63) is 82.4 Å². The van der Waals surface area contributed by atoms with Gasteiger partial charge in [0.25, 0.3) is 10.0 Å². The highest BCUT2D eigenvalue weighted by Gasteiger charge is 2.30. The van der Waals surface area contributed by atoms with Crippen LogP contribution in [0.2, 0.25) is 0 Å². The van der Waals surface area contributed by atoms with Gasteiger partial charge in [-0.05, 0) is 54.1 Å². The SMILES string of the molecule is Cn1cc(C[C@@H](NS(=O)(=O)c2ccc(C#Cc3ccc(C(F)(F)F)cc3)s2)C(=O)O)c2c(O)cccc21. The first-order chi connectivity index (χ1) is 17.3. The summed E-state index contributed by atoms with van der Waals surface area (Å²) >= 11 is 0.794. The number of benzene rings is 2. The Balaban J connectivity index is 1.53. The van der Waals surface area contributed by atoms with Gasteiger partial charge in [-0.3, -0.25) is 4.79 Å². The number of carboxylic acids is 1. The van der Waals surface area contributed by atoms with Crippen LogP contribution in [0.4, 0.5) is 13.2 Å². The monoisotopic (exact) mass is 548 g/mol. The maximum Gasteiger partial charge on any atom is 0.416 e. The largest absolute Gasteiger partial charge is 0.507 e. The van der Waals surface area contributed by atoms with Gasteiger partial charge in [0.05, 0.1) is 16.0 Å². The van der Waals surface area contributed by atoms with Crippen molar-refractivity contribution in [2.45, 2.75) is 22.8 Å². The molecule has 0 aliphatic rings. The quantitative estimate of drug-likeness (QED) is 0.311. The third-order valence-electron chi connectivity index (χ3n) is 5.48. The molecule has 2 heterocycles. The third kappa shape index (κ3) is 5.80. The van der Waals surface area contributed by atoms with Gasteiger partial charge in [-0.2, -0.15) is 17.9 Å². The van der Waals surface area contributed by atoms with Gasteiger partial charge in [-0.25, -0.2) is 8.42 Å². The highest BCUT2D eigenvalue weighted by Crippen LogP contribution is 2.31. The number of aromatic hydroxyl groups is 1. The second-order valence-corrected chi connectivity index (χ2v) is 11.1. The molecule has 0 saturated carbocycles. The van der Waals surface area contributed by atoms with Gasteiger partial charge in [0.15, 0.2) is 0 Å². The number of carbonyl (C=O) groups is 1. The zero-order chi connectivity index (χ0) is 27.0. The van der Waals surface area contributed by atoms with E-state index in [0.717, 1.165) is 23.5 Å². The molecule has 192 valence electrons. The fraction of sp³-hybridized carbons (Fsp3) is 0.160.